The van der Waals surface area contributed by atoms with E-state index in [4.69, 9.17) is 0 Å². The Bertz CT molecular complexity index is 1320. The minimum Gasteiger partial charge on any atom is -0.325 e. The zero-order chi connectivity index (χ0) is 23.5. The number of nitrogens with one attached hydrogen (secondary N) is 1. The maximum Gasteiger partial charge on any atom is 0.234 e. The van der Waals surface area contributed by atoms with Crippen LogP contribution >= 0.6 is 11.8 Å². The lowest BCUT2D eigenvalue weighted by Gasteiger charge is -2.09. The predicted molar refractivity (Wildman–Crippen MR) is 129 cm³/mol. The number of fused-ring (bicyclic) bond motifs is 1. The summed E-state index contributed by atoms with van der Waals surface area (Å²) in [4.78, 5) is 12.5. The van der Waals surface area contributed by atoms with E-state index in [1.165, 1.54) is 24.2 Å². The number of rotatable bonds is 6. The van der Waals surface area contributed by atoms with Gasteiger partial charge in [0.1, 0.15) is 11.6 Å². The number of aromatic nitrogens is 6. The zero-order valence-corrected chi connectivity index (χ0v) is 19.6. The Balaban J connectivity index is 1.21. The lowest BCUT2D eigenvalue weighted by atomic mass is 10.2. The molecule has 0 radical (unpaired) electrons. The van der Waals surface area contributed by atoms with Gasteiger partial charge in [-0.25, -0.2) is 4.39 Å². The van der Waals surface area contributed by atoms with Gasteiger partial charge in [-0.05, 0) is 49.2 Å². The highest BCUT2D eigenvalue weighted by Crippen LogP contribution is 2.26. The van der Waals surface area contributed by atoms with Gasteiger partial charge in [0, 0.05) is 31.3 Å². The highest BCUT2D eigenvalue weighted by Gasteiger charge is 2.17. The molecule has 1 aliphatic rings. The molecule has 4 aromatic rings. The number of amides is 1. The minimum absolute atomic E-state index is 0.155. The van der Waals surface area contributed by atoms with Crippen LogP contribution in [0.4, 0.5) is 10.1 Å². The van der Waals surface area contributed by atoms with Crippen LogP contribution in [0, 0.1) is 5.82 Å². The van der Waals surface area contributed by atoms with Crippen molar-refractivity contribution in [1.29, 1.82) is 0 Å². The van der Waals surface area contributed by atoms with Crippen molar-refractivity contribution in [2.24, 2.45) is 7.05 Å². The Morgan fingerprint density at radius 2 is 1.79 bits per heavy atom. The van der Waals surface area contributed by atoms with Crippen LogP contribution < -0.4 is 5.32 Å². The molecule has 2 aromatic carbocycles. The third kappa shape index (κ3) is 4.58. The monoisotopic (exact) mass is 477 g/mol. The number of halogens is 1. The summed E-state index contributed by atoms with van der Waals surface area (Å²) in [6.07, 6.45) is 4.47. The summed E-state index contributed by atoms with van der Waals surface area (Å²) in [5.74, 6) is 1.97. The van der Waals surface area contributed by atoms with Crippen LogP contribution in [0.25, 0.3) is 22.8 Å². The Morgan fingerprint density at radius 3 is 2.62 bits per heavy atom. The Hall–Kier alpha value is -3.53. The van der Waals surface area contributed by atoms with Crippen molar-refractivity contribution >= 4 is 23.4 Å². The van der Waals surface area contributed by atoms with Crippen molar-refractivity contribution in [1.82, 2.24) is 29.5 Å². The molecule has 1 aliphatic heterocycles. The van der Waals surface area contributed by atoms with E-state index in [1.807, 2.05) is 24.3 Å². The van der Waals surface area contributed by atoms with Crippen LogP contribution in [0.1, 0.15) is 25.1 Å². The largest absolute Gasteiger partial charge is 0.325 e. The van der Waals surface area contributed by atoms with Gasteiger partial charge < -0.3 is 14.5 Å². The number of hydrogen-bond donors (Lipinski definition) is 1. The quantitative estimate of drug-likeness (QED) is 0.416. The van der Waals surface area contributed by atoms with Crippen molar-refractivity contribution in [3.8, 4) is 22.8 Å². The van der Waals surface area contributed by atoms with Crippen LogP contribution in [-0.4, -0.2) is 41.2 Å². The fourth-order valence-electron chi connectivity index (χ4n) is 4.05. The van der Waals surface area contributed by atoms with E-state index in [0.29, 0.717) is 22.2 Å². The summed E-state index contributed by atoms with van der Waals surface area (Å²) in [5.41, 5.74) is 2.06. The van der Waals surface area contributed by atoms with Crippen molar-refractivity contribution in [2.75, 3.05) is 11.1 Å². The number of thioether (sulfide) groups is 1. The van der Waals surface area contributed by atoms with E-state index in [0.717, 1.165) is 43.0 Å². The van der Waals surface area contributed by atoms with Crippen molar-refractivity contribution in [3.63, 3.8) is 0 Å². The van der Waals surface area contributed by atoms with Crippen LogP contribution in [0.5, 0.6) is 0 Å². The van der Waals surface area contributed by atoms with Gasteiger partial charge in [-0.1, -0.05) is 30.3 Å². The molecule has 2 aromatic heterocycles. The number of anilines is 1. The van der Waals surface area contributed by atoms with Gasteiger partial charge >= 0.3 is 0 Å². The third-order valence-corrected chi connectivity index (χ3v) is 6.84. The molecule has 8 nitrogen and oxygen atoms in total. The first-order chi connectivity index (χ1) is 16.6. The van der Waals surface area contributed by atoms with Crippen molar-refractivity contribution < 1.29 is 9.18 Å². The molecule has 174 valence electrons. The third-order valence-electron chi connectivity index (χ3n) is 5.82. The SMILES string of the molecule is Cn1c(SCC(=O)Nc2ccc(-c3nnc4n3CCCCC4)cc2)nnc1-c1ccccc1F. The number of aryl methyl sites for hydroxylation is 1. The molecule has 34 heavy (non-hydrogen) atoms. The molecule has 0 aliphatic carbocycles. The molecule has 0 bridgehead atoms. The fraction of sp³-hybridized carbons (Fsp3) is 0.292. The number of carbonyl (C=O) groups excluding carboxylic acids is 1. The Morgan fingerprint density at radius 1 is 1.00 bits per heavy atom. The van der Waals surface area contributed by atoms with Gasteiger partial charge in [0.05, 0.1) is 11.3 Å². The van der Waals surface area contributed by atoms with E-state index >= 15 is 0 Å². The second-order valence-corrected chi connectivity index (χ2v) is 9.10. The number of benzene rings is 2. The standard InChI is InChI=1S/C24H24FN7OS/c1-31-23(18-7-4-5-8-19(18)25)29-30-24(31)34-15-21(33)26-17-12-10-16(11-13-17)22-28-27-20-9-3-2-6-14-32(20)22/h4-5,7-8,10-13H,2-3,6,9,14-15H2,1H3,(H,26,33). The molecule has 10 heteroatoms. The smallest absolute Gasteiger partial charge is 0.234 e. The molecule has 0 fully saturated rings. The fourth-order valence-corrected chi connectivity index (χ4v) is 4.76. The molecule has 3 heterocycles. The van der Waals surface area contributed by atoms with Crippen LogP contribution in [0.3, 0.4) is 0 Å². The summed E-state index contributed by atoms with van der Waals surface area (Å²) in [7, 11) is 1.76. The van der Waals surface area contributed by atoms with E-state index in [-0.39, 0.29) is 17.5 Å². The predicted octanol–water partition coefficient (Wildman–Crippen LogP) is 4.34. The van der Waals surface area contributed by atoms with E-state index in [9.17, 15) is 9.18 Å². The Kier molecular flexibility index (Phi) is 6.39. The second kappa shape index (κ2) is 9.76. The van der Waals surface area contributed by atoms with Gasteiger partial charge in [0.25, 0.3) is 0 Å². The van der Waals surface area contributed by atoms with Crippen LogP contribution in [0.2, 0.25) is 0 Å². The normalized spacial score (nSPS) is 13.4. The lowest BCUT2D eigenvalue weighted by Crippen LogP contribution is -2.14. The lowest BCUT2D eigenvalue weighted by molar-refractivity contribution is -0.113. The zero-order valence-electron chi connectivity index (χ0n) is 18.7. The summed E-state index contributed by atoms with van der Waals surface area (Å²) in [6.45, 7) is 0.939. The molecular formula is C24H24FN7OS. The Labute approximate surface area is 200 Å². The first kappa shape index (κ1) is 22.3. The molecule has 0 saturated heterocycles. The van der Waals surface area contributed by atoms with E-state index in [2.05, 4.69) is 30.3 Å². The van der Waals surface area contributed by atoms with Crippen molar-refractivity contribution in [3.05, 3.63) is 60.2 Å². The second-order valence-electron chi connectivity index (χ2n) is 8.16. The van der Waals surface area contributed by atoms with Crippen LogP contribution in [0.15, 0.2) is 53.7 Å². The maximum atomic E-state index is 14.1. The summed E-state index contributed by atoms with van der Waals surface area (Å²) in [5, 5.41) is 20.4. The number of carbonyl (C=O) groups is 1. The summed E-state index contributed by atoms with van der Waals surface area (Å²) in [6, 6.07) is 14.1. The molecule has 1 amide bonds. The summed E-state index contributed by atoms with van der Waals surface area (Å²) >= 11 is 1.25. The van der Waals surface area contributed by atoms with E-state index in [1.54, 1.807) is 29.8 Å². The van der Waals surface area contributed by atoms with Crippen molar-refractivity contribution in [2.45, 2.75) is 37.4 Å². The first-order valence-corrected chi connectivity index (χ1v) is 12.2. The molecule has 5 rings (SSSR count). The first-order valence-electron chi connectivity index (χ1n) is 11.2. The maximum absolute atomic E-state index is 14.1. The molecule has 0 atom stereocenters. The van der Waals surface area contributed by atoms with E-state index < -0.39 is 0 Å². The molecule has 0 saturated carbocycles. The molecule has 1 N–H and O–H groups in total. The van der Waals surface area contributed by atoms with Gasteiger partial charge in [0.2, 0.25) is 5.91 Å². The average Bonchev–Trinajstić information content (AvgIpc) is 3.33. The van der Waals surface area contributed by atoms with Gasteiger partial charge in [0.15, 0.2) is 16.8 Å². The van der Waals surface area contributed by atoms with Gasteiger partial charge in [-0.2, -0.15) is 0 Å². The van der Waals surface area contributed by atoms with Crippen LogP contribution in [-0.2, 0) is 24.8 Å². The average molecular weight is 478 g/mol. The van der Waals surface area contributed by atoms with Gasteiger partial charge in [-0.3, -0.25) is 4.79 Å². The van der Waals surface area contributed by atoms with Gasteiger partial charge in [-0.15, -0.1) is 20.4 Å². The molecule has 0 unspecified atom stereocenters. The highest BCUT2D eigenvalue weighted by atomic mass is 32.2. The summed E-state index contributed by atoms with van der Waals surface area (Å²) < 4.78 is 18.0. The highest BCUT2D eigenvalue weighted by molar-refractivity contribution is 7.99. The molecule has 0 spiro atoms. The molecular weight excluding hydrogens is 453 g/mol. The number of nitrogens with zero attached hydrogens (tertiary/aromatic N) is 6. The number of hydrogen-bond acceptors (Lipinski definition) is 6. The topological polar surface area (TPSA) is 90.5 Å². The minimum atomic E-state index is -0.363.